The Bertz CT molecular complexity index is 1350. The number of amides is 2. The van der Waals surface area contributed by atoms with E-state index in [1.807, 2.05) is 51.1 Å². The third-order valence-electron chi connectivity index (χ3n) is 7.34. The number of hydrogen-bond acceptors (Lipinski definition) is 2. The summed E-state index contributed by atoms with van der Waals surface area (Å²) in [5, 5.41) is 4.13. The van der Waals surface area contributed by atoms with Crippen molar-refractivity contribution in [2.75, 3.05) is 11.9 Å². The van der Waals surface area contributed by atoms with Gasteiger partial charge in [0.2, 0.25) is 11.8 Å². The Morgan fingerprint density at radius 2 is 1.69 bits per heavy atom. The molecule has 0 saturated carbocycles. The number of nitrogens with one attached hydrogen (secondary N) is 1. The molecule has 1 spiro atoms. The maximum atomic E-state index is 14.6. The van der Waals surface area contributed by atoms with Crippen molar-refractivity contribution >= 4 is 40.7 Å². The third kappa shape index (κ3) is 3.89. The topological polar surface area (TPSA) is 49.4 Å². The first-order chi connectivity index (χ1) is 17.0. The van der Waals surface area contributed by atoms with E-state index in [9.17, 15) is 14.0 Å². The second-order valence-electron chi connectivity index (χ2n) is 10.6. The van der Waals surface area contributed by atoms with E-state index in [0.29, 0.717) is 34.3 Å². The van der Waals surface area contributed by atoms with Gasteiger partial charge in [0, 0.05) is 33.6 Å². The van der Waals surface area contributed by atoms with E-state index in [1.54, 1.807) is 29.2 Å². The number of carbonyl (C=O) groups excluding carboxylic acids is 2. The smallest absolute Gasteiger partial charge is 0.238 e. The molecular formula is C29H27Cl2FN2O2. The Morgan fingerprint density at radius 1 is 1.00 bits per heavy atom. The fourth-order valence-corrected chi connectivity index (χ4v) is 6.20. The number of carbonyl (C=O) groups is 2. The van der Waals surface area contributed by atoms with Gasteiger partial charge in [-0.3, -0.25) is 9.59 Å². The Hall–Kier alpha value is -2.89. The van der Waals surface area contributed by atoms with Crippen LogP contribution < -0.4 is 5.32 Å². The zero-order valence-electron chi connectivity index (χ0n) is 20.3. The van der Waals surface area contributed by atoms with Crippen molar-refractivity contribution in [3.05, 3.63) is 99.3 Å². The first kappa shape index (κ1) is 24.8. The van der Waals surface area contributed by atoms with Crippen LogP contribution in [0.1, 0.15) is 55.8 Å². The quantitative estimate of drug-likeness (QED) is 0.387. The second-order valence-corrected chi connectivity index (χ2v) is 11.5. The Kier molecular flexibility index (Phi) is 6.12. The molecule has 0 unspecified atom stereocenters. The summed E-state index contributed by atoms with van der Waals surface area (Å²) < 4.78 is 14.6. The van der Waals surface area contributed by atoms with E-state index in [1.165, 1.54) is 12.1 Å². The highest BCUT2D eigenvalue weighted by atomic mass is 35.5. The van der Waals surface area contributed by atoms with Crippen molar-refractivity contribution in [3.8, 4) is 0 Å². The summed E-state index contributed by atoms with van der Waals surface area (Å²) in [6.07, 6.45) is 0.546. The molecule has 1 saturated heterocycles. The summed E-state index contributed by atoms with van der Waals surface area (Å²) in [6, 6.07) is 18.3. The van der Waals surface area contributed by atoms with Gasteiger partial charge < -0.3 is 10.2 Å². The monoisotopic (exact) mass is 524 g/mol. The van der Waals surface area contributed by atoms with Gasteiger partial charge >= 0.3 is 0 Å². The lowest BCUT2D eigenvalue weighted by Crippen LogP contribution is -2.59. The number of benzene rings is 3. The van der Waals surface area contributed by atoms with E-state index >= 15 is 0 Å². The van der Waals surface area contributed by atoms with Gasteiger partial charge in [-0.05, 0) is 59.5 Å². The fraction of sp³-hybridized carbons (Fsp3) is 0.310. The highest BCUT2D eigenvalue weighted by Gasteiger charge is 2.62. The van der Waals surface area contributed by atoms with E-state index < -0.39 is 22.7 Å². The summed E-state index contributed by atoms with van der Waals surface area (Å²) in [6.45, 7) is 6.00. The summed E-state index contributed by atoms with van der Waals surface area (Å²) in [7, 11) is 0. The van der Waals surface area contributed by atoms with Gasteiger partial charge in [-0.15, -0.1) is 0 Å². The van der Waals surface area contributed by atoms with E-state index in [4.69, 9.17) is 23.2 Å². The van der Waals surface area contributed by atoms with Gasteiger partial charge in [-0.25, -0.2) is 4.39 Å². The normalized spacial score (nSPS) is 23.5. The van der Waals surface area contributed by atoms with Crippen molar-refractivity contribution in [2.24, 2.45) is 5.41 Å². The van der Waals surface area contributed by atoms with Gasteiger partial charge in [0.15, 0.2) is 0 Å². The lowest BCUT2D eigenvalue weighted by molar-refractivity contribution is -0.149. The molecule has 1 fully saturated rings. The average Bonchev–Trinajstić information content (AvgIpc) is 3.09. The molecule has 3 atom stereocenters. The number of halogens is 3. The average molecular weight is 525 g/mol. The van der Waals surface area contributed by atoms with Crippen molar-refractivity contribution < 1.29 is 14.0 Å². The van der Waals surface area contributed by atoms with E-state index in [2.05, 4.69) is 5.32 Å². The molecule has 2 heterocycles. The maximum Gasteiger partial charge on any atom is 0.238 e. The van der Waals surface area contributed by atoms with Crippen molar-refractivity contribution in [3.63, 3.8) is 0 Å². The molecule has 0 bridgehead atoms. The molecule has 36 heavy (non-hydrogen) atoms. The van der Waals surface area contributed by atoms with E-state index in [-0.39, 0.29) is 17.7 Å². The van der Waals surface area contributed by atoms with Crippen LogP contribution in [0.25, 0.3) is 0 Å². The minimum absolute atomic E-state index is 0.0964. The molecule has 2 aliphatic heterocycles. The molecule has 186 valence electrons. The fourth-order valence-electron chi connectivity index (χ4n) is 5.90. The van der Waals surface area contributed by atoms with Gasteiger partial charge in [-0.2, -0.15) is 0 Å². The van der Waals surface area contributed by atoms with Crippen molar-refractivity contribution in [1.82, 2.24) is 4.90 Å². The van der Waals surface area contributed by atoms with Gasteiger partial charge in [0.05, 0.1) is 6.04 Å². The van der Waals surface area contributed by atoms with Gasteiger partial charge in [0.25, 0.3) is 0 Å². The standard InChI is InChI=1S/C29H27Cl2FN2O2/c1-28(2,3)27(36)34-14-13-22(17-7-9-19(30)10-8-17)29(25(34)18-5-4-6-21(32)15-18)23-12-11-20(31)16-24(23)33-26(29)35/h4-12,15-16,22,25H,13-14H2,1-3H3,(H,33,35)/t22-,25+,29+/m0/s1. The molecule has 2 aliphatic rings. The predicted octanol–water partition coefficient (Wildman–Crippen LogP) is 7.13. The van der Waals surface area contributed by atoms with Crippen LogP contribution in [0.15, 0.2) is 66.7 Å². The molecular weight excluding hydrogens is 498 g/mol. The van der Waals surface area contributed by atoms with E-state index in [0.717, 1.165) is 11.1 Å². The molecule has 4 nitrogen and oxygen atoms in total. The largest absolute Gasteiger partial charge is 0.334 e. The highest BCUT2D eigenvalue weighted by Crippen LogP contribution is 2.60. The Balaban J connectivity index is 1.83. The third-order valence-corrected chi connectivity index (χ3v) is 7.83. The first-order valence-electron chi connectivity index (χ1n) is 12.0. The molecule has 3 aromatic rings. The number of piperidine rings is 1. The van der Waals surface area contributed by atoms with Crippen LogP contribution >= 0.6 is 23.2 Å². The zero-order valence-corrected chi connectivity index (χ0v) is 21.8. The van der Waals surface area contributed by atoms with Crippen LogP contribution in [0.5, 0.6) is 0 Å². The van der Waals surface area contributed by atoms with Crippen LogP contribution in [-0.2, 0) is 15.0 Å². The predicted molar refractivity (Wildman–Crippen MR) is 141 cm³/mol. The number of hydrogen-bond donors (Lipinski definition) is 1. The van der Waals surface area contributed by atoms with Crippen LogP contribution in [0.2, 0.25) is 10.0 Å². The summed E-state index contributed by atoms with van der Waals surface area (Å²) in [4.78, 5) is 29.9. The molecule has 5 rings (SSSR count). The maximum absolute atomic E-state index is 14.6. The van der Waals surface area contributed by atoms with Gasteiger partial charge in [-0.1, -0.05) is 74.3 Å². The van der Waals surface area contributed by atoms with Crippen LogP contribution in [0.4, 0.5) is 10.1 Å². The molecule has 1 N–H and O–H groups in total. The number of likely N-dealkylation sites (tertiary alicyclic amines) is 1. The Labute approximate surface area is 220 Å². The minimum Gasteiger partial charge on any atom is -0.334 e. The number of nitrogens with zero attached hydrogens (tertiary/aromatic N) is 1. The SMILES string of the molecule is CC(C)(C)C(=O)N1CC[C@@H](c2ccc(Cl)cc2)[C@]2(C(=O)Nc3cc(Cl)ccc32)[C@H]1c1cccc(F)c1. The van der Waals surface area contributed by atoms with Crippen LogP contribution in [0, 0.1) is 11.2 Å². The molecule has 2 amide bonds. The summed E-state index contributed by atoms with van der Waals surface area (Å²) >= 11 is 12.5. The lowest BCUT2D eigenvalue weighted by atomic mass is 9.58. The second kappa shape index (κ2) is 8.89. The molecule has 3 aromatic carbocycles. The number of fused-ring (bicyclic) bond motifs is 2. The summed E-state index contributed by atoms with van der Waals surface area (Å²) in [5.41, 5.74) is 0.958. The number of anilines is 1. The van der Waals surface area contributed by atoms with Crippen molar-refractivity contribution in [2.45, 2.75) is 44.6 Å². The first-order valence-corrected chi connectivity index (χ1v) is 12.7. The lowest BCUT2D eigenvalue weighted by Gasteiger charge is -2.53. The minimum atomic E-state index is -1.21. The molecule has 7 heteroatoms. The van der Waals surface area contributed by atoms with Crippen LogP contribution in [-0.4, -0.2) is 23.3 Å². The molecule has 0 radical (unpaired) electrons. The zero-order chi connectivity index (χ0) is 25.8. The highest BCUT2D eigenvalue weighted by molar-refractivity contribution is 6.31. The number of rotatable bonds is 2. The van der Waals surface area contributed by atoms with Gasteiger partial charge in [0.1, 0.15) is 11.2 Å². The van der Waals surface area contributed by atoms with Crippen molar-refractivity contribution in [1.29, 1.82) is 0 Å². The Morgan fingerprint density at radius 3 is 2.36 bits per heavy atom. The van der Waals surface area contributed by atoms with Crippen LogP contribution in [0.3, 0.4) is 0 Å². The summed E-state index contributed by atoms with van der Waals surface area (Å²) in [5.74, 6) is -1.05. The molecule has 0 aliphatic carbocycles. The molecule has 0 aromatic heterocycles.